The largest absolute Gasteiger partial charge is 0.488 e. The molecule has 0 aliphatic heterocycles. The van der Waals surface area contributed by atoms with Crippen LogP contribution in [0.5, 0.6) is 11.5 Å². The predicted molar refractivity (Wildman–Crippen MR) is 160 cm³/mol. The Morgan fingerprint density at radius 3 is 2.48 bits per heavy atom. The van der Waals surface area contributed by atoms with Crippen LogP contribution in [0.4, 0.5) is 0 Å². The van der Waals surface area contributed by atoms with Crippen molar-refractivity contribution in [3.63, 3.8) is 0 Å². The number of aliphatic carboxylic acids is 1. The van der Waals surface area contributed by atoms with Crippen molar-refractivity contribution in [2.24, 2.45) is 0 Å². The summed E-state index contributed by atoms with van der Waals surface area (Å²) in [5, 5.41) is 30.1. The Kier molecular flexibility index (Phi) is 9.40. The van der Waals surface area contributed by atoms with Crippen LogP contribution in [0.15, 0.2) is 82.6 Å². The first-order chi connectivity index (χ1) is 21.2. The lowest BCUT2D eigenvalue weighted by molar-refractivity contribution is -0.140. The number of ether oxygens (including phenoxy) is 2. The molecule has 0 radical (unpaired) electrons. The molecule has 1 unspecified atom stereocenters. The minimum atomic E-state index is -3.50. The summed E-state index contributed by atoms with van der Waals surface area (Å²) in [5.41, 5.74) is 3.84. The van der Waals surface area contributed by atoms with Crippen LogP contribution in [0.25, 0.3) is 22.2 Å². The summed E-state index contributed by atoms with van der Waals surface area (Å²) in [6, 6.07) is 17.1. The topological polar surface area (TPSA) is 174 Å². The first kappa shape index (κ1) is 30.9. The van der Waals surface area contributed by atoms with Gasteiger partial charge in [-0.15, -0.1) is 0 Å². The fraction of sp³-hybridized carbons (Fsp3) is 0.200. The third-order valence-corrected chi connectivity index (χ3v) is 8.24. The van der Waals surface area contributed by atoms with Gasteiger partial charge >= 0.3 is 5.97 Å². The van der Waals surface area contributed by atoms with Crippen LogP contribution < -0.4 is 14.8 Å². The number of carboxylic acid groups (broad SMARTS) is 1. The number of hydrogen-bond acceptors (Lipinski definition) is 11. The van der Waals surface area contributed by atoms with Gasteiger partial charge in [-0.3, -0.25) is 15.1 Å². The molecule has 0 amide bonds. The molecular weight excluding hydrogens is 612 g/mol. The zero-order chi connectivity index (χ0) is 31.3. The standard InChI is InChI=1S/C30H27ClN4O8S/c1-44(39,40)21-10-18(12-32-13-21)16-41-25-11-26(29-28(34-43-35-29)23(25)14-33-24(15-36)30(37)38)42-17-20-8-5-9-22(27(20)31)19-6-3-2-4-7-19/h2-13,24,33,36H,14-17H2,1H3,(H,37,38). The van der Waals surface area contributed by atoms with E-state index in [0.29, 0.717) is 21.7 Å². The number of hydrogen-bond donors (Lipinski definition) is 3. The molecule has 44 heavy (non-hydrogen) atoms. The molecule has 0 saturated heterocycles. The van der Waals surface area contributed by atoms with Crippen LogP contribution in [0.3, 0.4) is 0 Å². The number of fused-ring (bicyclic) bond motifs is 1. The summed E-state index contributed by atoms with van der Waals surface area (Å²) in [7, 11) is -3.50. The maximum absolute atomic E-state index is 12.0. The Hall–Kier alpha value is -4.56. The number of halogens is 1. The summed E-state index contributed by atoms with van der Waals surface area (Å²) in [4.78, 5) is 15.5. The van der Waals surface area contributed by atoms with Gasteiger partial charge in [-0.05, 0) is 21.9 Å². The fourth-order valence-corrected chi connectivity index (χ4v) is 5.31. The molecule has 1 atom stereocenters. The van der Waals surface area contributed by atoms with Gasteiger partial charge in [-0.1, -0.05) is 60.1 Å². The number of aromatic nitrogens is 3. The Balaban J connectivity index is 1.48. The van der Waals surface area contributed by atoms with Crippen molar-refractivity contribution in [1.29, 1.82) is 0 Å². The zero-order valence-electron chi connectivity index (χ0n) is 23.3. The molecule has 0 aliphatic rings. The van der Waals surface area contributed by atoms with Crippen molar-refractivity contribution in [2.45, 2.75) is 30.7 Å². The average Bonchev–Trinajstić information content (AvgIpc) is 3.51. The van der Waals surface area contributed by atoms with E-state index >= 15 is 0 Å². The number of nitrogens with zero attached hydrogens (tertiary/aromatic N) is 3. The molecule has 3 aromatic carbocycles. The van der Waals surface area contributed by atoms with E-state index in [9.17, 15) is 23.4 Å². The van der Waals surface area contributed by atoms with Gasteiger partial charge in [-0.25, -0.2) is 13.0 Å². The van der Waals surface area contributed by atoms with Crippen molar-refractivity contribution in [3.8, 4) is 22.6 Å². The highest BCUT2D eigenvalue weighted by Gasteiger charge is 2.23. The number of rotatable bonds is 13. The summed E-state index contributed by atoms with van der Waals surface area (Å²) in [6.07, 6.45) is 3.79. The summed E-state index contributed by atoms with van der Waals surface area (Å²) < 4.78 is 41.3. The van der Waals surface area contributed by atoms with Crippen molar-refractivity contribution < 1.29 is 37.5 Å². The number of aliphatic hydroxyl groups is 1. The lowest BCUT2D eigenvalue weighted by Crippen LogP contribution is -2.39. The number of pyridine rings is 1. The molecule has 0 saturated carbocycles. The number of carbonyl (C=O) groups is 1. The van der Waals surface area contributed by atoms with Gasteiger partial charge in [0.25, 0.3) is 0 Å². The van der Waals surface area contributed by atoms with Crippen LogP contribution >= 0.6 is 11.6 Å². The normalized spacial score (nSPS) is 12.2. The number of carboxylic acids is 1. The first-order valence-corrected chi connectivity index (χ1v) is 15.5. The highest BCUT2D eigenvalue weighted by molar-refractivity contribution is 7.90. The average molecular weight is 639 g/mol. The Labute approximate surface area is 257 Å². The molecule has 0 spiro atoms. The molecule has 228 valence electrons. The zero-order valence-corrected chi connectivity index (χ0v) is 24.9. The summed E-state index contributed by atoms with van der Waals surface area (Å²) in [6.45, 7) is -0.776. The van der Waals surface area contributed by atoms with Gasteiger partial charge in [0, 0.05) is 53.5 Å². The molecule has 3 N–H and O–H groups in total. The van der Waals surface area contributed by atoms with E-state index in [2.05, 4.69) is 20.6 Å². The first-order valence-electron chi connectivity index (χ1n) is 13.2. The van der Waals surface area contributed by atoms with Crippen LogP contribution in [0.2, 0.25) is 5.02 Å². The van der Waals surface area contributed by atoms with E-state index < -0.39 is 28.5 Å². The maximum atomic E-state index is 12.0. The summed E-state index contributed by atoms with van der Waals surface area (Å²) >= 11 is 6.76. The lowest BCUT2D eigenvalue weighted by atomic mass is 10.0. The van der Waals surface area contributed by atoms with Gasteiger partial charge in [-0.2, -0.15) is 0 Å². The fourth-order valence-electron chi connectivity index (χ4n) is 4.40. The van der Waals surface area contributed by atoms with Gasteiger partial charge in [0.1, 0.15) is 30.5 Å². The van der Waals surface area contributed by atoms with E-state index in [1.807, 2.05) is 48.5 Å². The second kappa shape index (κ2) is 13.4. The summed E-state index contributed by atoms with van der Waals surface area (Å²) in [5.74, 6) is -0.768. The second-order valence-corrected chi connectivity index (χ2v) is 12.2. The highest BCUT2D eigenvalue weighted by Crippen LogP contribution is 2.36. The van der Waals surface area contributed by atoms with Crippen molar-refractivity contribution >= 4 is 38.4 Å². The molecule has 12 nitrogen and oxygen atoms in total. The van der Waals surface area contributed by atoms with Gasteiger partial charge in [0.2, 0.25) is 0 Å². The SMILES string of the molecule is CS(=O)(=O)c1cncc(COc2cc(OCc3cccc(-c4ccccc4)c3Cl)c3nonc3c2CNC(CO)C(=O)O)c1. The van der Waals surface area contributed by atoms with Crippen LogP contribution in [-0.2, 0) is 34.4 Å². The van der Waals surface area contributed by atoms with E-state index in [4.69, 9.17) is 25.7 Å². The molecule has 2 aromatic heterocycles. The molecule has 0 bridgehead atoms. The van der Waals surface area contributed by atoms with E-state index in [1.165, 1.54) is 18.5 Å². The van der Waals surface area contributed by atoms with Crippen LogP contribution in [0.1, 0.15) is 16.7 Å². The molecular formula is C30H27ClN4O8S. The van der Waals surface area contributed by atoms with Crippen LogP contribution in [0, 0.1) is 0 Å². The third kappa shape index (κ3) is 6.97. The highest BCUT2D eigenvalue weighted by atomic mass is 35.5. The lowest BCUT2D eigenvalue weighted by Gasteiger charge is -2.17. The number of benzene rings is 3. The number of nitrogens with one attached hydrogen (secondary N) is 1. The van der Waals surface area contributed by atoms with E-state index in [-0.39, 0.29) is 47.2 Å². The van der Waals surface area contributed by atoms with Gasteiger partial charge in [0.15, 0.2) is 21.1 Å². The maximum Gasteiger partial charge on any atom is 0.323 e. The van der Waals surface area contributed by atoms with Gasteiger partial charge in [0.05, 0.1) is 16.5 Å². The van der Waals surface area contributed by atoms with Gasteiger partial charge < -0.3 is 19.7 Å². The van der Waals surface area contributed by atoms with Crippen molar-refractivity contribution in [3.05, 3.63) is 94.8 Å². The predicted octanol–water partition coefficient (Wildman–Crippen LogP) is 4.03. The minimum Gasteiger partial charge on any atom is -0.488 e. The van der Waals surface area contributed by atoms with Crippen molar-refractivity contribution in [1.82, 2.24) is 20.6 Å². The number of aliphatic hydroxyl groups excluding tert-OH is 1. The molecule has 0 aliphatic carbocycles. The smallest absolute Gasteiger partial charge is 0.323 e. The minimum absolute atomic E-state index is 0.0301. The Morgan fingerprint density at radius 2 is 1.75 bits per heavy atom. The third-order valence-electron chi connectivity index (χ3n) is 6.71. The van der Waals surface area contributed by atoms with E-state index in [0.717, 1.165) is 17.4 Å². The Morgan fingerprint density at radius 1 is 1.00 bits per heavy atom. The molecule has 14 heteroatoms. The van der Waals surface area contributed by atoms with Crippen molar-refractivity contribution in [2.75, 3.05) is 12.9 Å². The monoisotopic (exact) mass is 638 g/mol. The number of sulfone groups is 1. The van der Waals surface area contributed by atoms with Crippen LogP contribution in [-0.4, -0.2) is 58.8 Å². The molecule has 0 fully saturated rings. The Bertz CT molecular complexity index is 1900. The van der Waals surface area contributed by atoms with E-state index in [1.54, 1.807) is 6.07 Å². The second-order valence-electron chi connectivity index (χ2n) is 9.79. The molecule has 5 rings (SSSR count). The molecule has 5 aromatic rings. The quantitative estimate of drug-likeness (QED) is 0.169. The molecule has 2 heterocycles.